The first-order valence-electron chi connectivity index (χ1n) is 9.87. The van der Waals surface area contributed by atoms with E-state index >= 15 is 0 Å². The molecule has 0 radical (unpaired) electrons. The Bertz CT molecular complexity index is 1010. The van der Waals surface area contributed by atoms with Crippen molar-refractivity contribution in [3.05, 3.63) is 76.4 Å². The lowest BCUT2D eigenvalue weighted by atomic mass is 10.2. The van der Waals surface area contributed by atoms with Crippen molar-refractivity contribution in [1.29, 1.82) is 0 Å². The standard InChI is InChI=1S/C22H23Cl2N5O/c23-18-6-2-1-5-17(18)15-29-21(9-10-25-29)26-22(30)16-27-11-13-28(14-12-27)20-8-4-3-7-19(20)24/h1-10H,11-16H2,(H,26,30). The van der Waals surface area contributed by atoms with Crippen LogP contribution in [-0.4, -0.2) is 53.3 Å². The number of hydrogen-bond donors (Lipinski definition) is 1. The highest BCUT2D eigenvalue weighted by Crippen LogP contribution is 2.26. The predicted molar refractivity (Wildman–Crippen MR) is 122 cm³/mol. The number of carbonyl (C=O) groups is 1. The van der Waals surface area contributed by atoms with Crippen molar-refractivity contribution in [2.24, 2.45) is 0 Å². The van der Waals surface area contributed by atoms with E-state index in [4.69, 9.17) is 23.2 Å². The third-order valence-corrected chi connectivity index (χ3v) is 5.88. The van der Waals surface area contributed by atoms with Gasteiger partial charge in [-0.15, -0.1) is 0 Å². The number of carbonyl (C=O) groups excluding carboxylic acids is 1. The number of anilines is 2. The minimum absolute atomic E-state index is 0.0536. The second-order valence-electron chi connectivity index (χ2n) is 7.23. The molecule has 4 rings (SSSR count). The summed E-state index contributed by atoms with van der Waals surface area (Å²) in [6, 6.07) is 17.3. The van der Waals surface area contributed by atoms with Gasteiger partial charge in [-0.05, 0) is 23.8 Å². The van der Waals surface area contributed by atoms with Crippen LogP contribution >= 0.6 is 23.2 Å². The van der Waals surface area contributed by atoms with E-state index in [1.807, 2.05) is 48.5 Å². The first-order chi connectivity index (χ1) is 14.6. The molecule has 0 unspecified atom stereocenters. The molecule has 0 atom stereocenters. The predicted octanol–water partition coefficient (Wildman–Crippen LogP) is 4.00. The van der Waals surface area contributed by atoms with Gasteiger partial charge < -0.3 is 10.2 Å². The molecule has 156 valence electrons. The highest BCUT2D eigenvalue weighted by atomic mass is 35.5. The molecule has 2 heterocycles. The van der Waals surface area contributed by atoms with Gasteiger partial charge in [-0.2, -0.15) is 5.10 Å². The molecule has 0 aliphatic carbocycles. The second kappa shape index (κ2) is 9.51. The average molecular weight is 444 g/mol. The van der Waals surface area contributed by atoms with Crippen LogP contribution in [0.4, 0.5) is 11.5 Å². The summed E-state index contributed by atoms with van der Waals surface area (Å²) in [6.07, 6.45) is 1.68. The van der Waals surface area contributed by atoms with Gasteiger partial charge in [0.25, 0.3) is 0 Å². The Morgan fingerprint density at radius 1 is 0.933 bits per heavy atom. The summed E-state index contributed by atoms with van der Waals surface area (Å²) in [7, 11) is 0. The van der Waals surface area contributed by atoms with Gasteiger partial charge in [-0.25, -0.2) is 4.68 Å². The SMILES string of the molecule is O=C(CN1CCN(c2ccccc2Cl)CC1)Nc1ccnn1Cc1ccccc1Cl. The topological polar surface area (TPSA) is 53.4 Å². The van der Waals surface area contributed by atoms with Gasteiger partial charge >= 0.3 is 0 Å². The molecule has 3 aromatic rings. The van der Waals surface area contributed by atoms with Gasteiger partial charge in [-0.3, -0.25) is 9.69 Å². The maximum absolute atomic E-state index is 12.6. The number of hydrogen-bond acceptors (Lipinski definition) is 4. The van der Waals surface area contributed by atoms with Crippen molar-refractivity contribution in [2.75, 3.05) is 42.9 Å². The van der Waals surface area contributed by atoms with Gasteiger partial charge in [-0.1, -0.05) is 53.5 Å². The molecule has 1 aliphatic heterocycles. The Morgan fingerprint density at radius 3 is 2.37 bits per heavy atom. The molecule has 6 nitrogen and oxygen atoms in total. The Kier molecular flexibility index (Phi) is 6.57. The highest BCUT2D eigenvalue weighted by molar-refractivity contribution is 6.33. The van der Waals surface area contributed by atoms with Gasteiger partial charge in [0.2, 0.25) is 5.91 Å². The molecule has 0 bridgehead atoms. The van der Waals surface area contributed by atoms with Crippen LogP contribution < -0.4 is 10.2 Å². The van der Waals surface area contributed by atoms with E-state index in [1.165, 1.54) is 0 Å². The lowest BCUT2D eigenvalue weighted by Gasteiger charge is -2.36. The molecule has 30 heavy (non-hydrogen) atoms. The molecule has 1 amide bonds. The van der Waals surface area contributed by atoms with Crippen molar-refractivity contribution >= 4 is 40.6 Å². The van der Waals surface area contributed by atoms with Crippen LogP contribution in [0.5, 0.6) is 0 Å². The number of amides is 1. The molecule has 0 saturated carbocycles. The van der Waals surface area contributed by atoms with Gasteiger partial charge in [0.15, 0.2) is 0 Å². The van der Waals surface area contributed by atoms with Crippen LogP contribution in [0.25, 0.3) is 0 Å². The number of aromatic nitrogens is 2. The molecule has 1 aliphatic rings. The van der Waals surface area contributed by atoms with Crippen molar-refractivity contribution in [1.82, 2.24) is 14.7 Å². The van der Waals surface area contributed by atoms with Crippen molar-refractivity contribution < 1.29 is 4.79 Å². The van der Waals surface area contributed by atoms with Crippen molar-refractivity contribution in [3.8, 4) is 0 Å². The van der Waals surface area contributed by atoms with Gasteiger partial charge in [0, 0.05) is 37.3 Å². The molecule has 1 saturated heterocycles. The quantitative estimate of drug-likeness (QED) is 0.625. The zero-order chi connectivity index (χ0) is 20.9. The minimum atomic E-state index is -0.0536. The summed E-state index contributed by atoms with van der Waals surface area (Å²) < 4.78 is 1.74. The molecule has 0 spiro atoms. The number of para-hydroxylation sites is 1. The largest absolute Gasteiger partial charge is 0.368 e. The minimum Gasteiger partial charge on any atom is -0.368 e. The first-order valence-corrected chi connectivity index (χ1v) is 10.6. The number of benzene rings is 2. The molecular formula is C22H23Cl2N5O. The maximum atomic E-state index is 12.6. The van der Waals surface area contributed by atoms with Gasteiger partial charge in [0.05, 0.1) is 30.0 Å². The van der Waals surface area contributed by atoms with Crippen molar-refractivity contribution in [3.63, 3.8) is 0 Å². The zero-order valence-corrected chi connectivity index (χ0v) is 18.0. The number of halogens is 2. The summed E-state index contributed by atoms with van der Waals surface area (Å²) in [6.45, 7) is 4.12. The zero-order valence-electron chi connectivity index (χ0n) is 16.5. The van der Waals surface area contributed by atoms with Crippen LogP contribution in [0.2, 0.25) is 10.0 Å². The monoisotopic (exact) mass is 443 g/mol. The Balaban J connectivity index is 1.31. The fraction of sp³-hybridized carbons (Fsp3) is 0.273. The Morgan fingerprint density at radius 2 is 1.63 bits per heavy atom. The summed E-state index contributed by atoms with van der Waals surface area (Å²) in [5, 5.41) is 8.73. The molecule has 1 aromatic heterocycles. The normalized spacial score (nSPS) is 14.7. The summed E-state index contributed by atoms with van der Waals surface area (Å²) in [5.74, 6) is 0.608. The van der Waals surface area contributed by atoms with E-state index < -0.39 is 0 Å². The highest BCUT2D eigenvalue weighted by Gasteiger charge is 2.21. The fourth-order valence-corrected chi connectivity index (χ4v) is 4.04. The van der Waals surface area contributed by atoms with Crippen LogP contribution in [0.15, 0.2) is 60.8 Å². The van der Waals surface area contributed by atoms with Gasteiger partial charge in [0.1, 0.15) is 5.82 Å². The van der Waals surface area contributed by atoms with Crippen LogP contribution in [-0.2, 0) is 11.3 Å². The third-order valence-electron chi connectivity index (χ3n) is 5.19. The van der Waals surface area contributed by atoms with Crippen LogP contribution in [0.1, 0.15) is 5.56 Å². The van der Waals surface area contributed by atoms with E-state index in [-0.39, 0.29) is 5.91 Å². The van der Waals surface area contributed by atoms with E-state index in [0.29, 0.717) is 23.9 Å². The summed E-state index contributed by atoms with van der Waals surface area (Å²) >= 11 is 12.6. The Labute approximate surface area is 186 Å². The first kappa shape index (κ1) is 20.7. The Hall–Kier alpha value is -2.54. The van der Waals surface area contributed by atoms with Crippen LogP contribution in [0, 0.1) is 0 Å². The third kappa shape index (κ3) is 4.95. The molecular weight excluding hydrogens is 421 g/mol. The van der Waals surface area contributed by atoms with E-state index in [2.05, 4.69) is 20.2 Å². The maximum Gasteiger partial charge on any atom is 0.239 e. The molecule has 1 fully saturated rings. The van der Waals surface area contributed by atoms with E-state index in [9.17, 15) is 4.79 Å². The van der Waals surface area contributed by atoms with E-state index in [0.717, 1.165) is 42.5 Å². The van der Waals surface area contributed by atoms with Crippen LogP contribution in [0.3, 0.4) is 0 Å². The smallest absolute Gasteiger partial charge is 0.239 e. The molecule has 1 N–H and O–H groups in total. The fourth-order valence-electron chi connectivity index (χ4n) is 3.59. The lowest BCUT2D eigenvalue weighted by molar-refractivity contribution is -0.117. The summed E-state index contributed by atoms with van der Waals surface area (Å²) in [4.78, 5) is 17.0. The summed E-state index contributed by atoms with van der Waals surface area (Å²) in [5.41, 5.74) is 2.00. The second-order valence-corrected chi connectivity index (χ2v) is 8.04. The number of nitrogens with zero attached hydrogens (tertiary/aromatic N) is 4. The molecule has 2 aromatic carbocycles. The van der Waals surface area contributed by atoms with E-state index in [1.54, 1.807) is 16.9 Å². The number of rotatable bonds is 6. The number of nitrogens with one attached hydrogen (secondary N) is 1. The lowest BCUT2D eigenvalue weighted by Crippen LogP contribution is -2.48. The molecule has 8 heteroatoms. The average Bonchev–Trinajstić information content (AvgIpc) is 3.17. The number of piperazine rings is 1. The van der Waals surface area contributed by atoms with Crippen molar-refractivity contribution in [2.45, 2.75) is 6.54 Å².